The zero-order chi connectivity index (χ0) is 15.2. The molecule has 0 radical (unpaired) electrons. The first-order valence-electron chi connectivity index (χ1n) is 7.04. The zero-order valence-corrected chi connectivity index (χ0v) is 12.8. The Labute approximate surface area is 127 Å². The number of carbonyl (C=O) groups is 2. The molecule has 3 N–H and O–H groups in total. The van der Waals surface area contributed by atoms with Crippen LogP contribution in [0.25, 0.3) is 0 Å². The Bertz CT molecular complexity index is 499. The number of amides is 2. The molecule has 2 rings (SSSR count). The van der Waals surface area contributed by atoms with Crippen molar-refractivity contribution in [2.75, 3.05) is 19.6 Å². The summed E-state index contributed by atoms with van der Waals surface area (Å²) in [5.74, 6) is -1.05. The van der Waals surface area contributed by atoms with Gasteiger partial charge >= 0.3 is 12.0 Å². The lowest BCUT2D eigenvalue weighted by Gasteiger charge is -2.33. The number of carboxylic acids is 1. The first-order valence-corrected chi connectivity index (χ1v) is 7.92. The summed E-state index contributed by atoms with van der Waals surface area (Å²) in [7, 11) is 0. The summed E-state index contributed by atoms with van der Waals surface area (Å²) in [6.45, 7) is 4.76. The lowest BCUT2D eigenvalue weighted by atomic mass is 10.1. The van der Waals surface area contributed by atoms with Gasteiger partial charge in [-0.25, -0.2) is 14.6 Å². The number of aromatic nitrogens is 1. The molecule has 1 aromatic rings. The highest BCUT2D eigenvalue weighted by Gasteiger charge is 2.23. The number of aromatic carboxylic acids is 1. The topological polar surface area (TPSA) is 94.6 Å². The van der Waals surface area contributed by atoms with Crippen molar-refractivity contribution in [3.8, 4) is 0 Å². The van der Waals surface area contributed by atoms with Gasteiger partial charge in [0.1, 0.15) is 5.01 Å². The van der Waals surface area contributed by atoms with Crippen LogP contribution in [0.1, 0.15) is 35.3 Å². The number of nitrogens with zero attached hydrogens (tertiary/aromatic N) is 2. The fourth-order valence-electron chi connectivity index (χ4n) is 2.43. The van der Waals surface area contributed by atoms with Gasteiger partial charge in [0, 0.05) is 18.0 Å². The second-order valence-corrected chi connectivity index (χ2v) is 5.80. The van der Waals surface area contributed by atoms with Crippen LogP contribution in [0.15, 0.2) is 5.38 Å². The van der Waals surface area contributed by atoms with Crippen molar-refractivity contribution >= 4 is 23.3 Å². The van der Waals surface area contributed by atoms with Crippen LogP contribution in [0, 0.1) is 0 Å². The summed E-state index contributed by atoms with van der Waals surface area (Å²) in [5, 5.41) is 17.0. The van der Waals surface area contributed by atoms with E-state index in [0.717, 1.165) is 25.9 Å². The molecule has 0 spiro atoms. The average molecular weight is 312 g/mol. The third kappa shape index (κ3) is 4.15. The molecule has 2 amide bonds. The Morgan fingerprint density at radius 1 is 1.52 bits per heavy atom. The molecule has 1 aliphatic heterocycles. The maximum absolute atomic E-state index is 12.2. The molecule has 1 aliphatic rings. The number of urea groups is 1. The van der Waals surface area contributed by atoms with E-state index in [1.807, 2.05) is 11.8 Å². The lowest BCUT2D eigenvalue weighted by Crippen LogP contribution is -2.49. The Hall–Kier alpha value is -1.67. The summed E-state index contributed by atoms with van der Waals surface area (Å²) in [5.41, 5.74) is 0.0231. The van der Waals surface area contributed by atoms with Gasteiger partial charge in [-0.15, -0.1) is 11.3 Å². The zero-order valence-electron chi connectivity index (χ0n) is 12.0. The fourth-order valence-corrected chi connectivity index (χ4v) is 3.14. The number of carboxylic acid groups (broad SMARTS) is 1. The van der Waals surface area contributed by atoms with E-state index in [1.165, 1.54) is 16.7 Å². The van der Waals surface area contributed by atoms with Crippen molar-refractivity contribution in [3.63, 3.8) is 0 Å². The molecule has 1 saturated heterocycles. The molecule has 8 heteroatoms. The molecule has 116 valence electrons. The van der Waals surface area contributed by atoms with Crippen LogP contribution in [0.3, 0.4) is 0 Å². The fraction of sp³-hybridized carbons (Fsp3) is 0.615. The van der Waals surface area contributed by atoms with Gasteiger partial charge in [0.2, 0.25) is 0 Å². The molecular weight excluding hydrogens is 292 g/mol. The summed E-state index contributed by atoms with van der Waals surface area (Å²) < 4.78 is 0. The number of hydrogen-bond acceptors (Lipinski definition) is 5. The molecule has 0 saturated carbocycles. The second kappa shape index (κ2) is 7.37. The highest BCUT2D eigenvalue weighted by molar-refractivity contribution is 7.09. The normalized spacial score (nSPS) is 15.7. The van der Waals surface area contributed by atoms with Crippen LogP contribution in [-0.2, 0) is 6.54 Å². The molecule has 0 unspecified atom stereocenters. The monoisotopic (exact) mass is 312 g/mol. The quantitative estimate of drug-likeness (QED) is 0.757. The van der Waals surface area contributed by atoms with E-state index in [2.05, 4.69) is 15.6 Å². The summed E-state index contributed by atoms with van der Waals surface area (Å²) in [6.07, 6.45) is 1.92. The van der Waals surface area contributed by atoms with E-state index in [9.17, 15) is 9.59 Å². The molecule has 0 aliphatic carbocycles. The van der Waals surface area contributed by atoms with Gasteiger partial charge in [0.15, 0.2) is 5.69 Å². The molecule has 7 nitrogen and oxygen atoms in total. The Morgan fingerprint density at radius 3 is 2.81 bits per heavy atom. The maximum Gasteiger partial charge on any atom is 0.355 e. The molecule has 1 fully saturated rings. The predicted molar refractivity (Wildman–Crippen MR) is 79.6 cm³/mol. The van der Waals surface area contributed by atoms with E-state index in [0.29, 0.717) is 11.6 Å². The van der Waals surface area contributed by atoms with Crippen molar-refractivity contribution in [3.05, 3.63) is 16.1 Å². The standard InChI is InChI=1S/C13H20N4O3S/c1-2-17(9-3-5-14-6-4-9)13(20)15-7-11-16-10(8-21-11)12(18)19/h8-9,14H,2-7H2,1H3,(H,15,20)(H,18,19). The first kappa shape index (κ1) is 15.7. The number of hydrogen-bond donors (Lipinski definition) is 3. The van der Waals surface area contributed by atoms with Crippen LogP contribution >= 0.6 is 11.3 Å². The molecule has 0 bridgehead atoms. The average Bonchev–Trinajstić information content (AvgIpc) is 2.96. The number of piperidine rings is 1. The SMILES string of the molecule is CCN(C(=O)NCc1nc(C(=O)O)cs1)C1CCNCC1. The Balaban J connectivity index is 1.88. The number of rotatable bonds is 5. The van der Waals surface area contributed by atoms with E-state index >= 15 is 0 Å². The van der Waals surface area contributed by atoms with Gasteiger partial charge in [-0.2, -0.15) is 0 Å². The van der Waals surface area contributed by atoms with Crippen LogP contribution in [0.4, 0.5) is 4.79 Å². The molecule has 1 aromatic heterocycles. The summed E-state index contributed by atoms with van der Waals surface area (Å²) in [4.78, 5) is 28.8. The van der Waals surface area contributed by atoms with E-state index in [-0.39, 0.29) is 24.3 Å². The predicted octanol–water partition coefficient (Wildman–Crippen LogP) is 1.12. The minimum Gasteiger partial charge on any atom is -0.476 e. The minimum atomic E-state index is -1.05. The highest BCUT2D eigenvalue weighted by atomic mass is 32.1. The highest BCUT2D eigenvalue weighted by Crippen LogP contribution is 2.13. The van der Waals surface area contributed by atoms with E-state index in [4.69, 9.17) is 5.11 Å². The third-order valence-corrected chi connectivity index (χ3v) is 4.36. The molecule has 0 aromatic carbocycles. The summed E-state index contributed by atoms with van der Waals surface area (Å²) >= 11 is 1.24. The van der Waals surface area contributed by atoms with Crippen molar-refractivity contribution in [2.45, 2.75) is 32.4 Å². The minimum absolute atomic E-state index is 0.0231. The van der Waals surface area contributed by atoms with Crippen molar-refractivity contribution in [1.82, 2.24) is 20.5 Å². The van der Waals surface area contributed by atoms with Gasteiger partial charge in [-0.3, -0.25) is 0 Å². The van der Waals surface area contributed by atoms with Crippen LogP contribution < -0.4 is 10.6 Å². The molecule has 21 heavy (non-hydrogen) atoms. The van der Waals surface area contributed by atoms with Gasteiger partial charge in [0.05, 0.1) is 6.54 Å². The van der Waals surface area contributed by atoms with E-state index < -0.39 is 5.97 Å². The molecular formula is C13H20N4O3S. The van der Waals surface area contributed by atoms with Gasteiger partial charge in [-0.1, -0.05) is 0 Å². The van der Waals surface area contributed by atoms with Crippen molar-refractivity contribution in [2.24, 2.45) is 0 Å². The Morgan fingerprint density at radius 2 is 2.24 bits per heavy atom. The van der Waals surface area contributed by atoms with E-state index in [1.54, 1.807) is 0 Å². The van der Waals surface area contributed by atoms with Crippen LogP contribution in [0.2, 0.25) is 0 Å². The van der Waals surface area contributed by atoms with Crippen LogP contribution in [-0.4, -0.2) is 52.7 Å². The Kier molecular flexibility index (Phi) is 5.51. The second-order valence-electron chi connectivity index (χ2n) is 4.86. The van der Waals surface area contributed by atoms with Crippen molar-refractivity contribution in [1.29, 1.82) is 0 Å². The number of thiazole rings is 1. The summed E-state index contributed by atoms with van der Waals surface area (Å²) in [6, 6.07) is 0.151. The van der Waals surface area contributed by atoms with Crippen molar-refractivity contribution < 1.29 is 14.7 Å². The maximum atomic E-state index is 12.2. The van der Waals surface area contributed by atoms with Gasteiger partial charge in [-0.05, 0) is 32.9 Å². The van der Waals surface area contributed by atoms with Gasteiger partial charge in [0.25, 0.3) is 0 Å². The number of carbonyl (C=O) groups excluding carboxylic acids is 1. The third-order valence-electron chi connectivity index (χ3n) is 3.51. The largest absolute Gasteiger partial charge is 0.476 e. The van der Waals surface area contributed by atoms with Crippen LogP contribution in [0.5, 0.6) is 0 Å². The molecule has 0 atom stereocenters. The lowest BCUT2D eigenvalue weighted by molar-refractivity contribution is 0.0691. The smallest absolute Gasteiger partial charge is 0.355 e. The first-order chi connectivity index (χ1) is 10.1. The van der Waals surface area contributed by atoms with Gasteiger partial charge < -0.3 is 20.6 Å². The molecule has 2 heterocycles. The number of nitrogens with one attached hydrogen (secondary N) is 2.